The van der Waals surface area contributed by atoms with Crippen LogP contribution in [0.5, 0.6) is 0 Å². The van der Waals surface area contributed by atoms with Gasteiger partial charge in [-0.15, -0.1) is 10.2 Å². The number of anilines is 1. The van der Waals surface area contributed by atoms with Gasteiger partial charge in [-0.1, -0.05) is 42.5 Å². The number of esters is 1. The summed E-state index contributed by atoms with van der Waals surface area (Å²) in [4.78, 5) is 12.1. The van der Waals surface area contributed by atoms with Crippen LogP contribution in [0.15, 0.2) is 82.1 Å². The number of halogens is 4. The Bertz CT molecular complexity index is 1740. The van der Waals surface area contributed by atoms with Crippen LogP contribution in [0.3, 0.4) is 0 Å². The normalized spacial score (nSPS) is 16.7. The van der Waals surface area contributed by atoms with E-state index in [0.717, 1.165) is 46.3 Å². The number of benzene rings is 3. The molecule has 0 fully saturated rings. The lowest BCUT2D eigenvalue weighted by Crippen LogP contribution is -2.45. The average molecular weight is 634 g/mol. The molecular weight excluding hydrogens is 606 g/mol. The number of hydrogen-bond donors (Lipinski definition) is 1. The lowest BCUT2D eigenvalue weighted by molar-refractivity contribution is -0.258. The second-order valence-corrected chi connectivity index (χ2v) is 12.3. The molecule has 2 heterocycles. The molecule has 9 nitrogen and oxygen atoms in total. The fourth-order valence-corrected chi connectivity index (χ4v) is 6.61. The Balaban J connectivity index is 1.41. The van der Waals surface area contributed by atoms with Crippen LogP contribution in [0.1, 0.15) is 41.8 Å². The van der Waals surface area contributed by atoms with Crippen LogP contribution < -0.4 is 4.31 Å². The smallest absolute Gasteiger partial charge is 0.421 e. The Morgan fingerprint density at radius 1 is 1.05 bits per heavy atom. The number of hydrogen-bond acceptors (Lipinski definition) is 8. The molecule has 2 atom stereocenters. The number of nitrogens with zero attached hydrogens (tertiary/aromatic N) is 3. The highest BCUT2D eigenvalue weighted by Gasteiger charge is 2.51. The topological polar surface area (TPSA) is 123 Å². The molecule has 0 radical (unpaired) electrons. The first-order valence-electron chi connectivity index (χ1n) is 13.5. The predicted molar refractivity (Wildman–Crippen MR) is 148 cm³/mol. The maximum absolute atomic E-state index is 13.9. The van der Waals surface area contributed by atoms with Crippen molar-refractivity contribution in [3.05, 3.63) is 107 Å². The van der Waals surface area contributed by atoms with Crippen molar-refractivity contribution in [3.8, 4) is 0 Å². The Morgan fingerprint density at radius 3 is 2.41 bits per heavy atom. The maximum atomic E-state index is 13.9. The standard InChI is InChI=1S/C30H27F4N3O6S/c1-29(39,30(32,33)34)21-8-14-25-20(15-21)7-11-23(37(25)44(40,41)24-12-9-22(31)10-13-24)16-26-35-36-27(43-26)17-28(38)42-18-19-5-3-2-4-6-19/h2-6,8-10,12-15,23,39H,7,11,16-18H2,1H3/t23-,29?/m0/s1. The highest BCUT2D eigenvalue weighted by molar-refractivity contribution is 7.92. The lowest BCUT2D eigenvalue weighted by atomic mass is 9.89. The summed E-state index contributed by atoms with van der Waals surface area (Å²) in [6.45, 7) is 0.677. The van der Waals surface area contributed by atoms with E-state index in [0.29, 0.717) is 6.92 Å². The fraction of sp³-hybridized carbons (Fsp3) is 0.300. The second-order valence-electron chi connectivity index (χ2n) is 10.5. The van der Waals surface area contributed by atoms with Gasteiger partial charge in [-0.05, 0) is 66.8 Å². The van der Waals surface area contributed by atoms with Crippen LogP contribution in [0, 0.1) is 5.82 Å². The van der Waals surface area contributed by atoms with Crippen molar-refractivity contribution >= 4 is 21.7 Å². The molecule has 1 N–H and O–H groups in total. The first-order chi connectivity index (χ1) is 20.8. The summed E-state index contributed by atoms with van der Waals surface area (Å²) in [5, 5.41) is 18.0. The minimum absolute atomic E-state index is 0.0280. The van der Waals surface area contributed by atoms with Crippen molar-refractivity contribution in [1.29, 1.82) is 0 Å². The summed E-state index contributed by atoms with van der Waals surface area (Å²) >= 11 is 0. The van der Waals surface area contributed by atoms with Gasteiger partial charge < -0.3 is 14.3 Å². The number of rotatable bonds is 9. The van der Waals surface area contributed by atoms with E-state index in [1.807, 2.05) is 18.2 Å². The summed E-state index contributed by atoms with van der Waals surface area (Å²) in [5.74, 6) is -1.28. The summed E-state index contributed by atoms with van der Waals surface area (Å²) in [6, 6.07) is 15.7. The van der Waals surface area contributed by atoms with Crippen molar-refractivity contribution in [2.45, 2.75) is 61.9 Å². The molecule has 0 saturated heterocycles. The Kier molecular flexibility index (Phi) is 8.49. The minimum atomic E-state index is -4.97. The molecule has 0 amide bonds. The molecular formula is C30H27F4N3O6S. The number of aromatic nitrogens is 2. The van der Waals surface area contributed by atoms with Crippen LogP contribution >= 0.6 is 0 Å². The number of fused-ring (bicyclic) bond motifs is 1. The minimum Gasteiger partial charge on any atom is -0.460 e. The van der Waals surface area contributed by atoms with Crippen LogP contribution in [0.2, 0.25) is 0 Å². The fourth-order valence-electron chi connectivity index (χ4n) is 4.89. The number of aryl methyl sites for hydroxylation is 1. The van der Waals surface area contributed by atoms with E-state index >= 15 is 0 Å². The summed E-state index contributed by atoms with van der Waals surface area (Å²) in [5.41, 5.74) is -2.46. The van der Waals surface area contributed by atoms with Crippen molar-refractivity contribution in [3.63, 3.8) is 0 Å². The zero-order valence-corrected chi connectivity index (χ0v) is 24.1. The van der Waals surface area contributed by atoms with E-state index in [4.69, 9.17) is 9.15 Å². The van der Waals surface area contributed by atoms with Crippen molar-refractivity contribution < 1.29 is 45.0 Å². The van der Waals surface area contributed by atoms with Gasteiger partial charge in [-0.25, -0.2) is 12.8 Å². The van der Waals surface area contributed by atoms with Gasteiger partial charge in [0.2, 0.25) is 11.8 Å². The molecule has 0 aliphatic carbocycles. The number of ether oxygens (including phenoxy) is 1. The second kappa shape index (κ2) is 12.0. The van der Waals surface area contributed by atoms with Crippen LogP contribution in [0.4, 0.5) is 23.2 Å². The SMILES string of the molecule is CC(O)(c1ccc2c(c1)CC[C@@H](Cc1nnc(CC(=O)OCc3ccccc3)o1)N2S(=O)(=O)c1ccc(F)cc1)C(F)(F)F. The number of alkyl halides is 3. The number of sulfonamides is 1. The first-order valence-corrected chi connectivity index (χ1v) is 14.9. The zero-order valence-electron chi connectivity index (χ0n) is 23.3. The largest absolute Gasteiger partial charge is 0.460 e. The van der Waals surface area contributed by atoms with Crippen molar-refractivity contribution in [2.75, 3.05) is 4.31 Å². The number of carbonyl (C=O) groups is 1. The van der Waals surface area contributed by atoms with E-state index in [-0.39, 0.29) is 60.2 Å². The van der Waals surface area contributed by atoms with Gasteiger partial charge in [0.05, 0.1) is 16.6 Å². The predicted octanol–water partition coefficient (Wildman–Crippen LogP) is 5.02. The molecule has 0 saturated carbocycles. The molecule has 4 aromatic rings. The third-order valence-electron chi connectivity index (χ3n) is 7.34. The third-order valence-corrected chi connectivity index (χ3v) is 9.22. The molecule has 0 bridgehead atoms. The van der Waals surface area contributed by atoms with Gasteiger partial charge in [0, 0.05) is 6.42 Å². The average Bonchev–Trinajstić information content (AvgIpc) is 3.42. The van der Waals surface area contributed by atoms with Gasteiger partial charge in [-0.3, -0.25) is 9.10 Å². The molecule has 3 aromatic carbocycles. The summed E-state index contributed by atoms with van der Waals surface area (Å²) in [6.07, 6.45) is -5.06. The Morgan fingerprint density at radius 2 is 1.73 bits per heavy atom. The van der Waals surface area contributed by atoms with Gasteiger partial charge in [0.1, 0.15) is 18.8 Å². The number of carbonyl (C=O) groups excluding carboxylic acids is 1. The van der Waals surface area contributed by atoms with Gasteiger partial charge in [0.25, 0.3) is 10.0 Å². The van der Waals surface area contributed by atoms with Gasteiger partial charge in [-0.2, -0.15) is 13.2 Å². The van der Waals surface area contributed by atoms with Crippen LogP contribution in [0.25, 0.3) is 0 Å². The molecule has 5 rings (SSSR count). The van der Waals surface area contributed by atoms with E-state index < -0.39 is 45.2 Å². The molecule has 14 heteroatoms. The highest BCUT2D eigenvalue weighted by Crippen LogP contribution is 2.43. The molecule has 1 aliphatic rings. The van der Waals surface area contributed by atoms with Crippen molar-refractivity contribution in [2.24, 2.45) is 0 Å². The van der Waals surface area contributed by atoms with E-state index in [1.54, 1.807) is 12.1 Å². The molecule has 1 aliphatic heterocycles. The Hall–Kier alpha value is -4.30. The molecule has 44 heavy (non-hydrogen) atoms. The van der Waals surface area contributed by atoms with E-state index in [9.17, 15) is 35.9 Å². The molecule has 1 unspecified atom stereocenters. The van der Waals surface area contributed by atoms with E-state index in [1.165, 1.54) is 6.07 Å². The monoisotopic (exact) mass is 633 g/mol. The molecule has 1 aromatic heterocycles. The van der Waals surface area contributed by atoms with Gasteiger partial charge in [0.15, 0.2) is 5.60 Å². The molecule has 0 spiro atoms. The van der Waals surface area contributed by atoms with Gasteiger partial charge >= 0.3 is 12.1 Å². The highest BCUT2D eigenvalue weighted by atomic mass is 32.2. The zero-order chi connectivity index (χ0) is 31.7. The van der Waals surface area contributed by atoms with Crippen LogP contribution in [-0.2, 0) is 51.0 Å². The summed E-state index contributed by atoms with van der Waals surface area (Å²) < 4.78 is 93.9. The third kappa shape index (κ3) is 6.45. The Labute approximate surface area is 250 Å². The number of aliphatic hydroxyl groups is 1. The maximum Gasteiger partial charge on any atom is 0.421 e. The molecule has 232 valence electrons. The lowest BCUT2D eigenvalue weighted by Gasteiger charge is -2.38. The van der Waals surface area contributed by atoms with Crippen LogP contribution in [-0.4, -0.2) is 41.9 Å². The van der Waals surface area contributed by atoms with Crippen molar-refractivity contribution in [1.82, 2.24) is 10.2 Å². The first kappa shape index (κ1) is 31.1. The van der Waals surface area contributed by atoms with E-state index in [2.05, 4.69) is 10.2 Å². The summed E-state index contributed by atoms with van der Waals surface area (Å²) in [7, 11) is -4.37. The quantitative estimate of drug-likeness (QED) is 0.202.